The van der Waals surface area contributed by atoms with Crippen molar-refractivity contribution in [2.24, 2.45) is 11.8 Å². The Kier molecular flexibility index (Phi) is 6.05. The van der Waals surface area contributed by atoms with Crippen LogP contribution in [0.5, 0.6) is 5.88 Å². The molecule has 1 aliphatic rings. The van der Waals surface area contributed by atoms with E-state index < -0.39 is 12.8 Å². The molecule has 1 saturated carbocycles. The third kappa shape index (κ3) is 6.20. The Morgan fingerprint density at radius 2 is 1.90 bits per heavy atom. The molecule has 2 amide bonds. The van der Waals surface area contributed by atoms with Crippen LogP contribution in [0.25, 0.3) is 0 Å². The summed E-state index contributed by atoms with van der Waals surface area (Å²) in [5.41, 5.74) is 1.56. The maximum atomic E-state index is 12.3. The standard InChI is InChI=1S/C20H20F3N3O3/c1-12-8-16(12)19(28)26-15-4-2-14(3-5-15)18(27)25-10-13-6-7-24-17(9-13)29-11-20(21,22)23/h2-7,9,12,16H,8,10-11H2,1H3,(H,25,27)(H,26,28). The number of amides is 2. The molecule has 1 aromatic carbocycles. The zero-order chi connectivity index (χ0) is 21.0. The van der Waals surface area contributed by atoms with E-state index in [9.17, 15) is 22.8 Å². The lowest BCUT2D eigenvalue weighted by atomic mass is 10.1. The highest BCUT2D eigenvalue weighted by atomic mass is 19.4. The van der Waals surface area contributed by atoms with Gasteiger partial charge >= 0.3 is 6.18 Å². The molecule has 0 spiro atoms. The molecule has 2 aromatic rings. The van der Waals surface area contributed by atoms with Crippen LogP contribution in [0.4, 0.5) is 18.9 Å². The monoisotopic (exact) mass is 407 g/mol. The molecule has 2 unspecified atom stereocenters. The number of alkyl halides is 3. The molecular formula is C20H20F3N3O3. The second-order valence-corrected chi connectivity index (χ2v) is 6.97. The molecule has 1 heterocycles. The van der Waals surface area contributed by atoms with Gasteiger partial charge in [-0.3, -0.25) is 9.59 Å². The largest absolute Gasteiger partial charge is 0.468 e. The van der Waals surface area contributed by atoms with E-state index in [1.807, 2.05) is 6.92 Å². The highest BCUT2D eigenvalue weighted by molar-refractivity contribution is 5.96. The van der Waals surface area contributed by atoms with E-state index in [-0.39, 0.29) is 30.2 Å². The van der Waals surface area contributed by atoms with Gasteiger partial charge in [0.15, 0.2) is 6.61 Å². The van der Waals surface area contributed by atoms with E-state index in [0.29, 0.717) is 22.7 Å². The van der Waals surface area contributed by atoms with Gasteiger partial charge in [0.05, 0.1) is 0 Å². The Bertz CT molecular complexity index is 885. The van der Waals surface area contributed by atoms with Gasteiger partial charge in [-0.05, 0) is 48.2 Å². The molecule has 154 valence electrons. The fraction of sp³-hybridized carbons (Fsp3) is 0.350. The molecule has 6 nitrogen and oxygen atoms in total. The number of rotatable bonds is 7. The third-order valence-corrected chi connectivity index (χ3v) is 4.50. The number of nitrogens with one attached hydrogen (secondary N) is 2. The summed E-state index contributed by atoms with van der Waals surface area (Å²) in [6.45, 7) is 0.687. The number of carbonyl (C=O) groups excluding carboxylic acids is 2. The molecule has 0 bridgehead atoms. The topological polar surface area (TPSA) is 80.3 Å². The molecule has 0 aliphatic heterocycles. The van der Waals surface area contributed by atoms with Gasteiger partial charge in [0.25, 0.3) is 5.91 Å². The molecule has 0 radical (unpaired) electrons. The van der Waals surface area contributed by atoms with Gasteiger partial charge in [-0.2, -0.15) is 13.2 Å². The van der Waals surface area contributed by atoms with Gasteiger partial charge < -0.3 is 15.4 Å². The van der Waals surface area contributed by atoms with Crippen LogP contribution in [0.1, 0.15) is 29.3 Å². The van der Waals surface area contributed by atoms with E-state index in [1.165, 1.54) is 12.3 Å². The van der Waals surface area contributed by atoms with Crippen molar-refractivity contribution in [1.82, 2.24) is 10.3 Å². The van der Waals surface area contributed by atoms with Crippen LogP contribution >= 0.6 is 0 Å². The zero-order valence-corrected chi connectivity index (χ0v) is 15.6. The number of anilines is 1. The van der Waals surface area contributed by atoms with Crippen molar-refractivity contribution in [2.75, 3.05) is 11.9 Å². The fourth-order valence-electron chi connectivity index (χ4n) is 2.71. The van der Waals surface area contributed by atoms with Gasteiger partial charge in [-0.1, -0.05) is 6.92 Å². The second-order valence-electron chi connectivity index (χ2n) is 6.97. The number of pyridine rings is 1. The van der Waals surface area contributed by atoms with Gasteiger partial charge in [0.2, 0.25) is 11.8 Å². The summed E-state index contributed by atoms with van der Waals surface area (Å²) in [6.07, 6.45) is -2.25. The Hall–Kier alpha value is -3.10. The average molecular weight is 407 g/mol. The Morgan fingerprint density at radius 3 is 2.52 bits per heavy atom. The third-order valence-electron chi connectivity index (χ3n) is 4.50. The van der Waals surface area contributed by atoms with Gasteiger partial charge in [-0.15, -0.1) is 0 Å². The van der Waals surface area contributed by atoms with Crippen LogP contribution in [0.15, 0.2) is 42.6 Å². The molecule has 0 saturated heterocycles. The van der Waals surface area contributed by atoms with Crippen molar-refractivity contribution < 1.29 is 27.5 Å². The number of ether oxygens (including phenoxy) is 1. The van der Waals surface area contributed by atoms with Crippen LogP contribution in [0.2, 0.25) is 0 Å². The van der Waals surface area contributed by atoms with Gasteiger partial charge in [0.1, 0.15) is 0 Å². The minimum Gasteiger partial charge on any atom is -0.468 e. The van der Waals surface area contributed by atoms with Crippen molar-refractivity contribution in [3.8, 4) is 5.88 Å². The van der Waals surface area contributed by atoms with Crippen LogP contribution in [-0.2, 0) is 11.3 Å². The maximum absolute atomic E-state index is 12.3. The highest BCUT2D eigenvalue weighted by Gasteiger charge is 2.39. The fourth-order valence-corrected chi connectivity index (χ4v) is 2.71. The number of aromatic nitrogens is 1. The predicted molar refractivity (Wildman–Crippen MR) is 99.3 cm³/mol. The normalized spacial score (nSPS) is 18.1. The molecule has 1 fully saturated rings. The van der Waals surface area contributed by atoms with E-state index in [1.54, 1.807) is 30.3 Å². The summed E-state index contributed by atoms with van der Waals surface area (Å²) in [5, 5.41) is 5.49. The highest BCUT2D eigenvalue weighted by Crippen LogP contribution is 2.38. The molecule has 1 aromatic heterocycles. The van der Waals surface area contributed by atoms with E-state index in [2.05, 4.69) is 20.4 Å². The van der Waals surface area contributed by atoms with Crippen molar-refractivity contribution in [1.29, 1.82) is 0 Å². The summed E-state index contributed by atoms with van der Waals surface area (Å²) in [5.74, 6) is -0.0701. The van der Waals surface area contributed by atoms with E-state index >= 15 is 0 Å². The van der Waals surface area contributed by atoms with Crippen molar-refractivity contribution in [2.45, 2.75) is 26.1 Å². The number of nitrogens with zero attached hydrogens (tertiary/aromatic N) is 1. The maximum Gasteiger partial charge on any atom is 0.422 e. The van der Waals surface area contributed by atoms with Crippen LogP contribution in [-0.4, -0.2) is 29.6 Å². The first-order chi connectivity index (χ1) is 13.7. The first-order valence-electron chi connectivity index (χ1n) is 9.05. The summed E-state index contributed by atoms with van der Waals surface area (Å²) in [4.78, 5) is 27.9. The molecule has 3 rings (SSSR count). The lowest BCUT2D eigenvalue weighted by Crippen LogP contribution is -2.23. The van der Waals surface area contributed by atoms with E-state index in [4.69, 9.17) is 0 Å². The zero-order valence-electron chi connectivity index (χ0n) is 15.6. The summed E-state index contributed by atoms with van der Waals surface area (Å²) < 4.78 is 41.2. The van der Waals surface area contributed by atoms with Crippen molar-refractivity contribution in [3.05, 3.63) is 53.7 Å². The minimum atomic E-state index is -4.45. The molecule has 1 aliphatic carbocycles. The Balaban J connectivity index is 1.51. The van der Waals surface area contributed by atoms with Crippen LogP contribution in [0.3, 0.4) is 0 Å². The molecule has 29 heavy (non-hydrogen) atoms. The van der Waals surface area contributed by atoms with Crippen molar-refractivity contribution in [3.63, 3.8) is 0 Å². The number of carbonyl (C=O) groups is 2. The lowest BCUT2D eigenvalue weighted by Gasteiger charge is -2.10. The van der Waals surface area contributed by atoms with E-state index in [0.717, 1.165) is 6.42 Å². The molecular weight excluding hydrogens is 387 g/mol. The first-order valence-corrected chi connectivity index (χ1v) is 9.05. The molecule has 9 heteroatoms. The number of halogens is 3. The SMILES string of the molecule is CC1CC1C(=O)Nc1ccc(C(=O)NCc2ccnc(OCC(F)(F)F)c2)cc1. The quantitative estimate of drug-likeness (QED) is 0.736. The van der Waals surface area contributed by atoms with Gasteiger partial charge in [0, 0.05) is 36.0 Å². The number of benzene rings is 1. The predicted octanol–water partition coefficient (Wildman–Crippen LogP) is 3.55. The Morgan fingerprint density at radius 1 is 1.21 bits per heavy atom. The lowest BCUT2D eigenvalue weighted by molar-refractivity contribution is -0.154. The minimum absolute atomic E-state index is 0.0177. The van der Waals surface area contributed by atoms with Gasteiger partial charge in [-0.25, -0.2) is 4.98 Å². The number of hydrogen-bond donors (Lipinski definition) is 2. The van der Waals surface area contributed by atoms with Crippen LogP contribution in [0, 0.1) is 11.8 Å². The summed E-state index contributed by atoms with van der Waals surface area (Å²) in [7, 11) is 0. The molecule has 2 atom stereocenters. The molecule has 2 N–H and O–H groups in total. The van der Waals surface area contributed by atoms with Crippen LogP contribution < -0.4 is 15.4 Å². The smallest absolute Gasteiger partial charge is 0.422 e. The summed E-state index contributed by atoms with van der Waals surface area (Å²) in [6, 6.07) is 9.38. The summed E-state index contributed by atoms with van der Waals surface area (Å²) >= 11 is 0. The van der Waals surface area contributed by atoms with Crippen molar-refractivity contribution >= 4 is 17.5 Å². The Labute approximate surface area is 165 Å². The number of hydrogen-bond acceptors (Lipinski definition) is 4. The second kappa shape index (κ2) is 8.50. The first kappa shape index (κ1) is 20.6. The average Bonchev–Trinajstić information content (AvgIpc) is 3.42.